The molecule has 0 spiro atoms. The van der Waals surface area contributed by atoms with E-state index in [1.165, 1.54) is 11.8 Å². The van der Waals surface area contributed by atoms with Crippen LogP contribution >= 0.6 is 11.8 Å². The van der Waals surface area contributed by atoms with E-state index >= 15 is 0 Å². The summed E-state index contributed by atoms with van der Waals surface area (Å²) in [6.07, 6.45) is 3.80. The quantitative estimate of drug-likeness (QED) is 0.533. The lowest BCUT2D eigenvalue weighted by atomic mass is 10.0. The minimum absolute atomic E-state index is 0.0886. The zero-order chi connectivity index (χ0) is 18.3. The van der Waals surface area contributed by atoms with Gasteiger partial charge in [-0.1, -0.05) is 48.1 Å². The van der Waals surface area contributed by atoms with Gasteiger partial charge in [0.05, 0.1) is 17.9 Å². The Morgan fingerprint density at radius 3 is 2.76 bits per heavy atom. The predicted molar refractivity (Wildman–Crippen MR) is 99.0 cm³/mol. The normalized spacial score (nSPS) is 17.6. The number of ether oxygens (including phenoxy) is 1. The summed E-state index contributed by atoms with van der Waals surface area (Å²) in [6, 6.07) is 9.70. The highest BCUT2D eigenvalue weighted by Gasteiger charge is 2.18. The average Bonchev–Trinajstić information content (AvgIpc) is 3.04. The second kappa shape index (κ2) is 8.85. The number of benzene rings is 1. The topological polar surface area (TPSA) is 88.8 Å². The van der Waals surface area contributed by atoms with E-state index in [9.17, 15) is 13.7 Å². The molecule has 132 valence electrons. The Kier molecular flexibility index (Phi) is 6.82. The highest BCUT2D eigenvalue weighted by molar-refractivity contribution is 8.18. The molecular formula is C17H18N2O4S2. The first kappa shape index (κ1) is 19.2. The van der Waals surface area contributed by atoms with E-state index in [0.29, 0.717) is 28.5 Å². The fourth-order valence-corrected chi connectivity index (χ4v) is 3.83. The summed E-state index contributed by atoms with van der Waals surface area (Å²) < 4.78 is 32.9. The molecule has 0 amide bonds. The van der Waals surface area contributed by atoms with E-state index in [0.717, 1.165) is 11.1 Å². The molecule has 0 N–H and O–H groups in total. The molecule has 0 unspecified atom stereocenters. The molecule has 0 aliphatic carbocycles. The molecule has 0 atom stereocenters. The van der Waals surface area contributed by atoms with Gasteiger partial charge in [0, 0.05) is 12.0 Å². The molecule has 8 heteroatoms. The number of methoxy groups -OCH3 is 1. The van der Waals surface area contributed by atoms with Gasteiger partial charge in [-0.05, 0) is 29.7 Å². The zero-order valence-corrected chi connectivity index (χ0v) is 15.6. The van der Waals surface area contributed by atoms with Crippen molar-refractivity contribution in [3.8, 4) is 6.07 Å². The van der Waals surface area contributed by atoms with Crippen LogP contribution in [-0.4, -0.2) is 26.3 Å². The van der Waals surface area contributed by atoms with Crippen LogP contribution < -0.4 is 0 Å². The fraction of sp³-hybridized carbons (Fsp3) is 0.294. The van der Waals surface area contributed by atoms with E-state index < -0.39 is 10.1 Å². The van der Waals surface area contributed by atoms with E-state index in [4.69, 9.17) is 4.74 Å². The summed E-state index contributed by atoms with van der Waals surface area (Å²) in [4.78, 5) is 0.682. The van der Waals surface area contributed by atoms with Gasteiger partial charge in [0.1, 0.15) is 11.1 Å². The van der Waals surface area contributed by atoms with Crippen LogP contribution in [0.4, 0.5) is 0 Å². The number of rotatable bonds is 7. The third kappa shape index (κ3) is 5.19. The Hall–Kier alpha value is -2.08. The first-order valence-electron chi connectivity index (χ1n) is 7.57. The van der Waals surface area contributed by atoms with E-state index in [1.807, 2.05) is 24.3 Å². The standard InChI is InChI=1S/C17H18N2O4S2/c1-3-10-25(20,21)23-19-17-9-8-16(24-17)15(11-18)14-7-5-4-6-13(14)12-22-2/h4-9H,3,10,12H2,1-2H3/b16-15-,19-17+. The van der Waals surface area contributed by atoms with Crippen LogP contribution in [0.2, 0.25) is 0 Å². The van der Waals surface area contributed by atoms with E-state index in [1.54, 1.807) is 26.2 Å². The molecule has 0 bridgehead atoms. The Bertz CT molecular complexity index is 865. The van der Waals surface area contributed by atoms with Crippen molar-refractivity contribution in [2.75, 3.05) is 12.9 Å². The van der Waals surface area contributed by atoms with Crippen molar-refractivity contribution in [2.24, 2.45) is 5.16 Å². The van der Waals surface area contributed by atoms with Gasteiger partial charge in [-0.15, -0.1) is 0 Å². The van der Waals surface area contributed by atoms with Gasteiger partial charge in [-0.2, -0.15) is 13.7 Å². The highest BCUT2D eigenvalue weighted by atomic mass is 32.2. The number of nitriles is 1. The second-order valence-corrected chi connectivity index (χ2v) is 7.88. The number of hydrogen-bond acceptors (Lipinski definition) is 7. The third-order valence-corrected chi connectivity index (χ3v) is 5.42. The maximum Gasteiger partial charge on any atom is 0.328 e. The zero-order valence-electron chi connectivity index (χ0n) is 13.9. The maximum absolute atomic E-state index is 11.6. The van der Waals surface area contributed by atoms with Crippen molar-refractivity contribution in [3.63, 3.8) is 0 Å². The van der Waals surface area contributed by atoms with E-state index in [-0.39, 0.29) is 5.75 Å². The molecule has 1 aromatic rings. The number of oxime groups is 1. The van der Waals surface area contributed by atoms with Gasteiger partial charge in [0.2, 0.25) is 0 Å². The molecule has 0 fully saturated rings. The van der Waals surface area contributed by atoms with Gasteiger partial charge in [-0.25, -0.2) is 0 Å². The smallest absolute Gasteiger partial charge is 0.328 e. The van der Waals surface area contributed by atoms with Gasteiger partial charge in [0.15, 0.2) is 0 Å². The average molecular weight is 378 g/mol. The lowest BCUT2D eigenvalue weighted by Crippen LogP contribution is -2.07. The lowest BCUT2D eigenvalue weighted by molar-refractivity contribution is 0.184. The minimum atomic E-state index is -3.66. The van der Waals surface area contributed by atoms with Crippen LogP contribution in [0.25, 0.3) is 5.57 Å². The van der Waals surface area contributed by atoms with Crippen LogP contribution in [0.1, 0.15) is 24.5 Å². The van der Waals surface area contributed by atoms with Gasteiger partial charge >= 0.3 is 10.1 Å². The highest BCUT2D eigenvalue weighted by Crippen LogP contribution is 2.35. The summed E-state index contributed by atoms with van der Waals surface area (Å²) in [5, 5.41) is 13.6. The van der Waals surface area contributed by atoms with Gasteiger partial charge in [-0.3, -0.25) is 4.28 Å². The first-order valence-corrected chi connectivity index (χ1v) is 9.97. The third-order valence-electron chi connectivity index (χ3n) is 3.23. The molecular weight excluding hydrogens is 360 g/mol. The maximum atomic E-state index is 11.6. The molecule has 0 saturated carbocycles. The largest absolute Gasteiger partial charge is 0.380 e. The molecule has 0 radical (unpaired) electrons. The monoisotopic (exact) mass is 378 g/mol. The first-order chi connectivity index (χ1) is 12.0. The SMILES string of the molecule is CCCS(=O)(=O)O/N=C1C=C/C(=C(\C#N)c2ccccc2COC)S\1. The predicted octanol–water partition coefficient (Wildman–Crippen LogP) is 3.44. The Morgan fingerprint density at radius 2 is 2.08 bits per heavy atom. The molecule has 0 aromatic heterocycles. The second-order valence-electron chi connectivity index (χ2n) is 5.14. The fourth-order valence-electron chi connectivity index (χ4n) is 2.19. The van der Waals surface area contributed by atoms with Crippen LogP contribution in [0.15, 0.2) is 46.5 Å². The number of allylic oxidation sites excluding steroid dienone is 2. The number of hydrogen-bond donors (Lipinski definition) is 0. The molecule has 1 aliphatic rings. The lowest BCUT2D eigenvalue weighted by Gasteiger charge is -2.09. The van der Waals surface area contributed by atoms with Crippen molar-refractivity contribution in [2.45, 2.75) is 20.0 Å². The number of thioether (sulfide) groups is 1. The van der Waals surface area contributed by atoms with Crippen LogP contribution in [0, 0.1) is 11.3 Å². The molecule has 1 heterocycles. The molecule has 2 rings (SSSR count). The van der Waals surface area contributed by atoms with Crippen molar-refractivity contribution >= 4 is 32.5 Å². The Labute approximate surface area is 151 Å². The number of nitrogens with zero attached hydrogens (tertiary/aromatic N) is 2. The van der Waals surface area contributed by atoms with Crippen LogP contribution in [0.5, 0.6) is 0 Å². The van der Waals surface area contributed by atoms with Crippen molar-refractivity contribution in [1.29, 1.82) is 5.26 Å². The molecule has 1 aromatic carbocycles. The summed E-state index contributed by atoms with van der Waals surface area (Å²) >= 11 is 1.19. The summed E-state index contributed by atoms with van der Waals surface area (Å²) in [5.41, 5.74) is 2.16. The van der Waals surface area contributed by atoms with Gasteiger partial charge < -0.3 is 4.74 Å². The summed E-state index contributed by atoms with van der Waals surface area (Å²) in [7, 11) is -2.06. The van der Waals surface area contributed by atoms with E-state index in [2.05, 4.69) is 15.5 Å². The summed E-state index contributed by atoms with van der Waals surface area (Å²) in [6.45, 7) is 2.14. The molecule has 25 heavy (non-hydrogen) atoms. The van der Waals surface area contributed by atoms with Crippen molar-refractivity contribution in [1.82, 2.24) is 0 Å². The molecule has 0 saturated heterocycles. The molecule has 6 nitrogen and oxygen atoms in total. The van der Waals surface area contributed by atoms with Gasteiger partial charge in [0.25, 0.3) is 0 Å². The van der Waals surface area contributed by atoms with Crippen LogP contribution in [-0.2, 0) is 25.7 Å². The van der Waals surface area contributed by atoms with Crippen molar-refractivity contribution < 1.29 is 17.4 Å². The Balaban J connectivity index is 2.27. The summed E-state index contributed by atoms with van der Waals surface area (Å²) in [5.74, 6) is -0.0886. The van der Waals surface area contributed by atoms with Crippen molar-refractivity contribution in [3.05, 3.63) is 52.4 Å². The van der Waals surface area contributed by atoms with Crippen LogP contribution in [0.3, 0.4) is 0 Å². The molecule has 1 aliphatic heterocycles. The minimum Gasteiger partial charge on any atom is -0.380 e. The Morgan fingerprint density at radius 1 is 1.32 bits per heavy atom.